The van der Waals surface area contributed by atoms with Crippen LogP contribution in [0.5, 0.6) is 11.5 Å². The van der Waals surface area contributed by atoms with Gasteiger partial charge in [0.15, 0.2) is 11.5 Å². The lowest BCUT2D eigenvalue weighted by molar-refractivity contribution is 0.401. The van der Waals surface area contributed by atoms with Crippen LogP contribution in [-0.4, -0.2) is 16.3 Å². The van der Waals surface area contributed by atoms with Crippen LogP contribution >= 0.6 is 0 Å². The van der Waals surface area contributed by atoms with Crippen molar-refractivity contribution in [1.29, 1.82) is 0 Å². The minimum atomic E-state index is -0.0212. The Morgan fingerprint density at radius 2 is 2.15 bits per heavy atom. The zero-order chi connectivity index (χ0) is 9.59. The summed E-state index contributed by atoms with van der Waals surface area (Å²) in [6.45, 7) is 3.88. The van der Waals surface area contributed by atoms with Crippen molar-refractivity contribution in [2.24, 2.45) is 0 Å². The van der Waals surface area contributed by atoms with E-state index in [0.717, 1.165) is 23.2 Å². The molecule has 1 aromatic rings. The van der Waals surface area contributed by atoms with Crippen molar-refractivity contribution in [2.75, 3.05) is 5.32 Å². The molecule has 0 fully saturated rings. The Bertz CT molecular complexity index is 360. The minimum Gasteiger partial charge on any atom is -0.504 e. The van der Waals surface area contributed by atoms with Crippen LogP contribution in [-0.2, 0) is 6.42 Å². The molecule has 0 aliphatic carbocycles. The highest BCUT2D eigenvalue weighted by molar-refractivity contribution is 5.69. The number of rotatable bonds is 0. The van der Waals surface area contributed by atoms with E-state index in [1.165, 1.54) is 0 Å². The van der Waals surface area contributed by atoms with Crippen molar-refractivity contribution in [1.82, 2.24) is 0 Å². The molecule has 13 heavy (non-hydrogen) atoms. The molecule has 3 N–H and O–H groups in total. The van der Waals surface area contributed by atoms with Crippen molar-refractivity contribution >= 4 is 5.69 Å². The van der Waals surface area contributed by atoms with Gasteiger partial charge in [-0.05, 0) is 31.9 Å². The van der Waals surface area contributed by atoms with E-state index in [2.05, 4.69) is 12.2 Å². The molecule has 2 rings (SSSR count). The number of benzene rings is 1. The van der Waals surface area contributed by atoms with Crippen LogP contribution in [0.25, 0.3) is 0 Å². The van der Waals surface area contributed by atoms with Crippen molar-refractivity contribution in [3.63, 3.8) is 0 Å². The van der Waals surface area contributed by atoms with Crippen LogP contribution in [0.3, 0.4) is 0 Å². The molecule has 0 bridgehead atoms. The van der Waals surface area contributed by atoms with Gasteiger partial charge in [0.05, 0.1) is 0 Å². The largest absolute Gasteiger partial charge is 0.504 e. The zero-order valence-corrected chi connectivity index (χ0v) is 7.76. The van der Waals surface area contributed by atoms with Gasteiger partial charge in [-0.15, -0.1) is 0 Å². The molecule has 1 aliphatic heterocycles. The van der Waals surface area contributed by atoms with E-state index >= 15 is 0 Å². The van der Waals surface area contributed by atoms with Gasteiger partial charge in [0.2, 0.25) is 0 Å². The third-order valence-electron chi connectivity index (χ3n) is 2.52. The summed E-state index contributed by atoms with van der Waals surface area (Å²) in [7, 11) is 0. The summed E-state index contributed by atoms with van der Waals surface area (Å²) in [5.41, 5.74) is 2.79. The van der Waals surface area contributed by atoms with Gasteiger partial charge in [-0.25, -0.2) is 0 Å². The topological polar surface area (TPSA) is 52.5 Å². The SMILES string of the molecule is Cc1c(O)c(O)cc2c1NC(C)C2. The standard InChI is InChI=1S/C10H13NO2/c1-5-3-7-4-8(12)10(13)6(2)9(7)11-5/h4-5,11-13H,3H2,1-2H3. The first-order valence-electron chi connectivity index (χ1n) is 4.40. The molecule has 1 atom stereocenters. The van der Waals surface area contributed by atoms with Crippen LogP contribution in [0, 0.1) is 6.92 Å². The fraction of sp³-hybridized carbons (Fsp3) is 0.400. The third-order valence-corrected chi connectivity index (χ3v) is 2.52. The predicted octanol–water partition coefficient (Wildman–Crippen LogP) is 1.76. The van der Waals surface area contributed by atoms with Crippen LogP contribution in [0.4, 0.5) is 5.69 Å². The Morgan fingerprint density at radius 1 is 1.46 bits per heavy atom. The molecule has 3 nitrogen and oxygen atoms in total. The number of phenolic OH excluding ortho intramolecular Hbond substituents is 2. The number of aromatic hydroxyl groups is 2. The number of phenols is 2. The number of fused-ring (bicyclic) bond motifs is 1. The predicted molar refractivity (Wildman–Crippen MR) is 51.3 cm³/mol. The Morgan fingerprint density at radius 3 is 2.85 bits per heavy atom. The van der Waals surface area contributed by atoms with E-state index in [0.29, 0.717) is 6.04 Å². The molecule has 0 radical (unpaired) electrons. The highest BCUT2D eigenvalue weighted by Crippen LogP contribution is 2.40. The second-order valence-electron chi connectivity index (χ2n) is 3.65. The molecular weight excluding hydrogens is 166 g/mol. The van der Waals surface area contributed by atoms with E-state index in [4.69, 9.17) is 0 Å². The summed E-state index contributed by atoms with van der Waals surface area (Å²) < 4.78 is 0. The summed E-state index contributed by atoms with van der Waals surface area (Å²) in [4.78, 5) is 0. The lowest BCUT2D eigenvalue weighted by atomic mass is 10.1. The van der Waals surface area contributed by atoms with Gasteiger partial charge < -0.3 is 15.5 Å². The van der Waals surface area contributed by atoms with Crippen molar-refractivity contribution in [3.05, 3.63) is 17.2 Å². The normalized spacial score (nSPS) is 19.7. The van der Waals surface area contributed by atoms with Crippen molar-refractivity contribution in [3.8, 4) is 11.5 Å². The highest BCUT2D eigenvalue weighted by Gasteiger charge is 2.22. The molecule has 70 valence electrons. The molecule has 3 heteroatoms. The lowest BCUT2D eigenvalue weighted by Crippen LogP contribution is -2.08. The number of hydrogen-bond donors (Lipinski definition) is 3. The van der Waals surface area contributed by atoms with Gasteiger partial charge in [-0.3, -0.25) is 0 Å². The van der Waals surface area contributed by atoms with Crippen molar-refractivity contribution in [2.45, 2.75) is 26.3 Å². The first kappa shape index (κ1) is 8.23. The number of anilines is 1. The minimum absolute atomic E-state index is 0.0136. The molecule has 0 amide bonds. The third kappa shape index (κ3) is 1.11. The molecule has 0 aromatic heterocycles. The van der Waals surface area contributed by atoms with E-state index in [9.17, 15) is 10.2 Å². The maximum absolute atomic E-state index is 9.47. The molecule has 1 aromatic carbocycles. The van der Waals surface area contributed by atoms with Gasteiger partial charge in [0, 0.05) is 17.3 Å². The number of nitrogens with one attached hydrogen (secondary N) is 1. The summed E-state index contributed by atoms with van der Waals surface area (Å²) in [5.74, 6) is -0.0347. The molecule has 1 aliphatic rings. The Kier molecular flexibility index (Phi) is 1.62. The van der Waals surface area contributed by atoms with Crippen molar-refractivity contribution < 1.29 is 10.2 Å². The van der Waals surface area contributed by atoms with Gasteiger partial charge in [0.25, 0.3) is 0 Å². The van der Waals surface area contributed by atoms with Crippen LogP contribution < -0.4 is 5.32 Å². The van der Waals surface area contributed by atoms with Crippen LogP contribution in [0.15, 0.2) is 6.07 Å². The van der Waals surface area contributed by atoms with E-state index in [1.54, 1.807) is 13.0 Å². The average molecular weight is 179 g/mol. The number of hydrogen-bond acceptors (Lipinski definition) is 3. The fourth-order valence-electron chi connectivity index (χ4n) is 1.85. The first-order chi connectivity index (χ1) is 6.09. The maximum Gasteiger partial charge on any atom is 0.162 e. The first-order valence-corrected chi connectivity index (χ1v) is 4.40. The van der Waals surface area contributed by atoms with E-state index in [1.807, 2.05) is 0 Å². The zero-order valence-electron chi connectivity index (χ0n) is 7.76. The van der Waals surface area contributed by atoms with Gasteiger partial charge in [0.1, 0.15) is 0 Å². The molecular formula is C10H13NO2. The summed E-state index contributed by atoms with van der Waals surface area (Å²) >= 11 is 0. The highest BCUT2D eigenvalue weighted by atomic mass is 16.3. The van der Waals surface area contributed by atoms with E-state index < -0.39 is 0 Å². The van der Waals surface area contributed by atoms with Crippen LogP contribution in [0.2, 0.25) is 0 Å². The fourth-order valence-corrected chi connectivity index (χ4v) is 1.85. The summed E-state index contributed by atoms with van der Waals surface area (Å²) in [6.07, 6.45) is 0.907. The quantitative estimate of drug-likeness (QED) is 0.420. The smallest absolute Gasteiger partial charge is 0.162 e. The lowest BCUT2D eigenvalue weighted by Gasteiger charge is -2.08. The monoisotopic (exact) mass is 179 g/mol. The molecule has 0 saturated heterocycles. The Balaban J connectivity index is 2.60. The molecule has 0 saturated carbocycles. The van der Waals surface area contributed by atoms with Gasteiger partial charge in [-0.2, -0.15) is 0 Å². The van der Waals surface area contributed by atoms with Gasteiger partial charge in [-0.1, -0.05) is 0 Å². The Labute approximate surface area is 77.0 Å². The Hall–Kier alpha value is -1.38. The molecule has 0 spiro atoms. The molecule has 1 unspecified atom stereocenters. The molecule has 1 heterocycles. The summed E-state index contributed by atoms with van der Waals surface area (Å²) in [5, 5.41) is 22.1. The second kappa shape index (κ2) is 2.55. The average Bonchev–Trinajstić information content (AvgIpc) is 2.42. The maximum atomic E-state index is 9.47. The van der Waals surface area contributed by atoms with Crippen LogP contribution in [0.1, 0.15) is 18.1 Å². The summed E-state index contributed by atoms with van der Waals surface area (Å²) in [6, 6.07) is 2.02. The second-order valence-corrected chi connectivity index (χ2v) is 3.65. The van der Waals surface area contributed by atoms with Gasteiger partial charge >= 0.3 is 0 Å². The van der Waals surface area contributed by atoms with E-state index in [-0.39, 0.29) is 11.5 Å².